The molecule has 0 amide bonds. The van der Waals surface area contributed by atoms with Crippen molar-refractivity contribution in [3.8, 4) is 5.82 Å². The topological polar surface area (TPSA) is 67.1 Å². The van der Waals surface area contributed by atoms with Gasteiger partial charge in [0.15, 0.2) is 11.8 Å². The van der Waals surface area contributed by atoms with Gasteiger partial charge in [-0.2, -0.15) is 5.10 Å². The van der Waals surface area contributed by atoms with Gasteiger partial charge in [0.2, 0.25) is 0 Å². The fraction of sp³-hybridized carbons (Fsp3) is 0.471. The molecular formula is C17H27IN6. The molecule has 0 fully saturated rings. The van der Waals surface area contributed by atoms with Crippen molar-refractivity contribution in [2.24, 2.45) is 10.9 Å². The van der Waals surface area contributed by atoms with E-state index in [2.05, 4.69) is 39.6 Å². The second kappa shape index (κ2) is 11.0. The Morgan fingerprint density at radius 1 is 1.25 bits per heavy atom. The molecule has 2 rings (SSSR count). The zero-order valence-corrected chi connectivity index (χ0v) is 16.9. The first-order valence-corrected chi connectivity index (χ1v) is 8.16. The number of nitrogens with zero attached hydrogens (tertiary/aromatic N) is 4. The van der Waals surface area contributed by atoms with Crippen molar-refractivity contribution in [1.82, 2.24) is 25.4 Å². The maximum absolute atomic E-state index is 4.34. The largest absolute Gasteiger partial charge is 0.356 e. The molecule has 0 atom stereocenters. The summed E-state index contributed by atoms with van der Waals surface area (Å²) in [6, 6.07) is 5.90. The van der Waals surface area contributed by atoms with E-state index in [0.29, 0.717) is 12.5 Å². The monoisotopic (exact) mass is 442 g/mol. The van der Waals surface area contributed by atoms with E-state index in [1.54, 1.807) is 24.1 Å². The van der Waals surface area contributed by atoms with Gasteiger partial charge in [0.05, 0.1) is 0 Å². The fourth-order valence-electron chi connectivity index (χ4n) is 2.32. The molecule has 0 aromatic carbocycles. The Morgan fingerprint density at radius 2 is 2.04 bits per heavy atom. The zero-order chi connectivity index (χ0) is 16.5. The van der Waals surface area contributed by atoms with Crippen LogP contribution in [0, 0.1) is 5.92 Å². The van der Waals surface area contributed by atoms with Crippen LogP contribution in [-0.2, 0) is 6.54 Å². The van der Waals surface area contributed by atoms with Crippen LogP contribution in [0.1, 0.15) is 32.3 Å². The summed E-state index contributed by atoms with van der Waals surface area (Å²) in [7, 11) is 1.80. The number of halogens is 1. The molecule has 0 aliphatic rings. The Bertz CT molecular complexity index is 607. The molecule has 6 nitrogen and oxygen atoms in total. The van der Waals surface area contributed by atoms with Crippen LogP contribution in [0.3, 0.4) is 0 Å². The lowest BCUT2D eigenvalue weighted by Gasteiger charge is -2.16. The van der Waals surface area contributed by atoms with Crippen molar-refractivity contribution < 1.29 is 0 Å². The number of aliphatic imine (C=N–C) groups is 1. The number of guanidine groups is 1. The third kappa shape index (κ3) is 6.10. The molecular weight excluding hydrogens is 415 g/mol. The Kier molecular flexibility index (Phi) is 9.36. The minimum absolute atomic E-state index is 0. The summed E-state index contributed by atoms with van der Waals surface area (Å²) in [6.45, 7) is 6.08. The van der Waals surface area contributed by atoms with E-state index in [4.69, 9.17) is 0 Å². The number of hydrogen-bond acceptors (Lipinski definition) is 3. The molecule has 2 heterocycles. The molecule has 2 N–H and O–H groups in total. The first kappa shape index (κ1) is 20.4. The molecule has 0 aliphatic carbocycles. The van der Waals surface area contributed by atoms with Crippen LogP contribution in [0.2, 0.25) is 0 Å². The van der Waals surface area contributed by atoms with Gasteiger partial charge in [-0.25, -0.2) is 9.67 Å². The zero-order valence-electron chi connectivity index (χ0n) is 14.6. The molecule has 0 saturated carbocycles. The molecule has 7 heteroatoms. The fourth-order valence-corrected chi connectivity index (χ4v) is 2.32. The lowest BCUT2D eigenvalue weighted by Crippen LogP contribution is -2.39. The quantitative estimate of drug-likeness (QED) is 0.393. The second-order valence-electron chi connectivity index (χ2n) is 5.46. The summed E-state index contributed by atoms with van der Waals surface area (Å²) in [4.78, 5) is 8.61. The van der Waals surface area contributed by atoms with Crippen molar-refractivity contribution in [3.05, 3.63) is 42.4 Å². The highest BCUT2D eigenvalue weighted by molar-refractivity contribution is 14.0. The van der Waals surface area contributed by atoms with Gasteiger partial charge >= 0.3 is 0 Å². The molecule has 0 spiro atoms. The van der Waals surface area contributed by atoms with Crippen LogP contribution >= 0.6 is 24.0 Å². The number of pyridine rings is 1. The van der Waals surface area contributed by atoms with Crippen LogP contribution < -0.4 is 10.6 Å². The maximum atomic E-state index is 4.34. The van der Waals surface area contributed by atoms with Crippen LogP contribution in [0.4, 0.5) is 0 Å². The lowest BCUT2D eigenvalue weighted by molar-refractivity contribution is 0.481. The predicted molar refractivity (Wildman–Crippen MR) is 109 cm³/mol. The van der Waals surface area contributed by atoms with E-state index < -0.39 is 0 Å². The van der Waals surface area contributed by atoms with Crippen molar-refractivity contribution in [1.29, 1.82) is 0 Å². The van der Waals surface area contributed by atoms with Crippen molar-refractivity contribution in [2.45, 2.75) is 33.2 Å². The van der Waals surface area contributed by atoms with Gasteiger partial charge in [0.1, 0.15) is 0 Å². The highest BCUT2D eigenvalue weighted by Gasteiger charge is 2.05. The number of hydrogen-bond donors (Lipinski definition) is 2. The first-order chi connectivity index (χ1) is 11.3. The Balaban J connectivity index is 0.00000288. The average Bonchev–Trinajstić information content (AvgIpc) is 3.13. The highest BCUT2D eigenvalue weighted by Crippen LogP contribution is 2.06. The Morgan fingerprint density at radius 3 is 2.67 bits per heavy atom. The van der Waals surface area contributed by atoms with Gasteiger partial charge < -0.3 is 10.6 Å². The molecule has 0 unspecified atom stereocenters. The second-order valence-corrected chi connectivity index (χ2v) is 5.46. The van der Waals surface area contributed by atoms with Crippen molar-refractivity contribution >= 4 is 29.9 Å². The third-order valence-electron chi connectivity index (χ3n) is 3.95. The third-order valence-corrected chi connectivity index (χ3v) is 3.95. The summed E-state index contributed by atoms with van der Waals surface area (Å²) < 4.78 is 1.75. The minimum atomic E-state index is 0. The molecule has 0 radical (unpaired) electrons. The number of nitrogens with one attached hydrogen (secondary N) is 2. The highest BCUT2D eigenvalue weighted by atomic mass is 127. The van der Waals surface area contributed by atoms with Gasteiger partial charge in [0.25, 0.3) is 0 Å². The lowest BCUT2D eigenvalue weighted by atomic mass is 10.0. The standard InChI is InChI=1S/C17H26N6.HI/c1-4-14(5-2)12-20-17(18-3)21-13-15-7-9-19-16(11-15)23-10-6-8-22-23;/h6-11,14H,4-5,12-13H2,1-3H3,(H2,18,20,21);1H. The van der Waals surface area contributed by atoms with E-state index in [9.17, 15) is 0 Å². The van der Waals surface area contributed by atoms with Crippen molar-refractivity contribution in [2.75, 3.05) is 13.6 Å². The van der Waals surface area contributed by atoms with E-state index in [-0.39, 0.29) is 24.0 Å². The molecule has 0 bridgehead atoms. The van der Waals surface area contributed by atoms with E-state index in [1.807, 2.05) is 24.4 Å². The summed E-state index contributed by atoms with van der Waals surface area (Å²) in [5.74, 6) is 2.32. The SMILES string of the molecule is CCC(CC)CNC(=NC)NCc1ccnc(-n2cccn2)c1.I. The van der Waals surface area contributed by atoms with Crippen molar-refractivity contribution in [3.63, 3.8) is 0 Å². The normalized spacial score (nSPS) is 11.2. The summed E-state index contributed by atoms with van der Waals surface area (Å²) in [6.07, 6.45) is 7.79. The number of rotatable bonds is 7. The summed E-state index contributed by atoms with van der Waals surface area (Å²) >= 11 is 0. The molecule has 0 saturated heterocycles. The Hall–Kier alpha value is -1.64. The van der Waals surface area contributed by atoms with Crippen LogP contribution in [0.15, 0.2) is 41.8 Å². The summed E-state index contributed by atoms with van der Waals surface area (Å²) in [5, 5.41) is 10.9. The first-order valence-electron chi connectivity index (χ1n) is 8.16. The van der Waals surface area contributed by atoms with Crippen LogP contribution in [0.5, 0.6) is 0 Å². The molecule has 132 valence electrons. The van der Waals surface area contributed by atoms with E-state index in [0.717, 1.165) is 23.9 Å². The molecule has 2 aromatic heterocycles. The smallest absolute Gasteiger partial charge is 0.191 e. The van der Waals surface area contributed by atoms with Gasteiger partial charge in [-0.1, -0.05) is 26.7 Å². The summed E-state index contributed by atoms with van der Waals surface area (Å²) in [5.41, 5.74) is 1.14. The van der Waals surface area contributed by atoms with E-state index >= 15 is 0 Å². The van der Waals surface area contributed by atoms with Gasteiger partial charge in [-0.05, 0) is 29.7 Å². The Labute approximate surface area is 161 Å². The van der Waals surface area contributed by atoms with Gasteiger partial charge in [0, 0.05) is 38.7 Å². The molecule has 2 aromatic rings. The number of aromatic nitrogens is 3. The van der Waals surface area contributed by atoms with Crippen LogP contribution in [0.25, 0.3) is 5.82 Å². The molecule has 24 heavy (non-hydrogen) atoms. The molecule has 0 aliphatic heterocycles. The van der Waals surface area contributed by atoms with Gasteiger partial charge in [-0.3, -0.25) is 4.99 Å². The predicted octanol–water partition coefficient (Wildman–Crippen LogP) is 2.99. The maximum Gasteiger partial charge on any atom is 0.191 e. The minimum Gasteiger partial charge on any atom is -0.356 e. The van der Waals surface area contributed by atoms with Crippen LogP contribution in [-0.4, -0.2) is 34.3 Å². The average molecular weight is 442 g/mol. The van der Waals surface area contributed by atoms with E-state index in [1.165, 1.54) is 12.8 Å². The van der Waals surface area contributed by atoms with Gasteiger partial charge in [-0.15, -0.1) is 24.0 Å².